The summed E-state index contributed by atoms with van der Waals surface area (Å²) in [5, 5.41) is 8.63. The molecule has 2 unspecified atom stereocenters. The lowest BCUT2D eigenvalue weighted by Crippen LogP contribution is -2.16. The van der Waals surface area contributed by atoms with E-state index in [1.807, 2.05) is 0 Å². The van der Waals surface area contributed by atoms with Crippen molar-refractivity contribution in [1.29, 1.82) is 0 Å². The van der Waals surface area contributed by atoms with Gasteiger partial charge in [0.15, 0.2) is 0 Å². The van der Waals surface area contributed by atoms with Crippen molar-refractivity contribution in [3.05, 3.63) is 0 Å². The molecule has 0 radical (unpaired) electrons. The van der Waals surface area contributed by atoms with Crippen LogP contribution < -0.4 is 0 Å². The predicted molar refractivity (Wildman–Crippen MR) is 43.4 cm³/mol. The van der Waals surface area contributed by atoms with Crippen LogP contribution in [0.4, 0.5) is 0 Å². The molecule has 0 aromatic carbocycles. The maximum Gasteiger partial charge on any atom is 0.303 e. The summed E-state index contributed by atoms with van der Waals surface area (Å²) >= 11 is 0. The van der Waals surface area contributed by atoms with Crippen molar-refractivity contribution in [1.82, 2.24) is 0 Å². The summed E-state index contributed by atoms with van der Waals surface area (Å²) in [5.41, 5.74) is 0.0885. The van der Waals surface area contributed by atoms with Crippen LogP contribution in [0.2, 0.25) is 0 Å². The first-order valence-corrected chi connectivity index (χ1v) is 4.24. The molecule has 0 heterocycles. The number of carboxylic acids is 1. The Balaban J connectivity index is 2.48. The van der Waals surface area contributed by atoms with Crippen LogP contribution >= 0.6 is 0 Å². The zero-order valence-corrected chi connectivity index (χ0v) is 7.26. The maximum atomic E-state index is 10.5. The van der Waals surface area contributed by atoms with E-state index in [2.05, 4.69) is 13.8 Å². The van der Waals surface area contributed by atoms with E-state index in [0.717, 1.165) is 18.8 Å². The molecule has 1 saturated carbocycles. The van der Waals surface area contributed by atoms with Gasteiger partial charge in [-0.2, -0.15) is 0 Å². The van der Waals surface area contributed by atoms with Crippen LogP contribution in [0.5, 0.6) is 0 Å². The van der Waals surface area contributed by atoms with Crippen LogP contribution in [-0.4, -0.2) is 11.1 Å². The molecule has 0 aliphatic heterocycles. The molecule has 0 bridgehead atoms. The average molecular weight is 156 g/mol. The molecule has 1 aliphatic rings. The Hall–Kier alpha value is -0.530. The fraction of sp³-hybridized carbons (Fsp3) is 0.889. The quantitative estimate of drug-likeness (QED) is 0.666. The zero-order valence-electron chi connectivity index (χ0n) is 7.26. The molecule has 0 amide bonds. The third kappa shape index (κ3) is 2.21. The minimum Gasteiger partial charge on any atom is -0.481 e. The topological polar surface area (TPSA) is 37.3 Å². The average Bonchev–Trinajstić information content (AvgIpc) is 2.08. The van der Waals surface area contributed by atoms with Gasteiger partial charge < -0.3 is 5.11 Å². The number of carboxylic acid groups (broad SMARTS) is 1. The van der Waals surface area contributed by atoms with E-state index in [1.54, 1.807) is 0 Å². The highest BCUT2D eigenvalue weighted by Gasteiger charge is 2.34. The third-order valence-corrected chi connectivity index (χ3v) is 2.66. The molecule has 64 valence electrons. The molecular formula is C9H16O2. The maximum absolute atomic E-state index is 10.5. The summed E-state index contributed by atoms with van der Waals surface area (Å²) in [4.78, 5) is 10.5. The second-order valence-corrected chi connectivity index (χ2v) is 4.23. The molecule has 1 aliphatic carbocycles. The fourth-order valence-corrected chi connectivity index (χ4v) is 2.17. The van der Waals surface area contributed by atoms with E-state index in [9.17, 15) is 4.79 Å². The normalized spacial score (nSPS) is 37.5. The molecule has 0 spiro atoms. The first-order valence-electron chi connectivity index (χ1n) is 4.24. The van der Waals surface area contributed by atoms with Crippen LogP contribution in [-0.2, 0) is 4.79 Å². The third-order valence-electron chi connectivity index (χ3n) is 2.66. The van der Waals surface area contributed by atoms with E-state index >= 15 is 0 Å². The molecule has 2 nitrogen and oxygen atoms in total. The Labute approximate surface area is 67.6 Å². The van der Waals surface area contributed by atoms with Crippen LogP contribution in [0.15, 0.2) is 0 Å². The highest BCUT2D eigenvalue weighted by molar-refractivity contribution is 5.67. The Morgan fingerprint density at radius 1 is 1.73 bits per heavy atom. The highest BCUT2D eigenvalue weighted by Crippen LogP contribution is 2.43. The molecule has 1 N–H and O–H groups in total. The second kappa shape index (κ2) is 2.84. The SMILES string of the molecule is CC1CCC(C)(CC(=O)O)C1. The Morgan fingerprint density at radius 2 is 2.36 bits per heavy atom. The van der Waals surface area contributed by atoms with E-state index < -0.39 is 5.97 Å². The number of rotatable bonds is 2. The van der Waals surface area contributed by atoms with Gasteiger partial charge in [-0.15, -0.1) is 0 Å². The van der Waals surface area contributed by atoms with Crippen molar-refractivity contribution >= 4 is 5.97 Å². The van der Waals surface area contributed by atoms with Crippen molar-refractivity contribution in [2.45, 2.75) is 39.5 Å². The Bertz CT molecular complexity index is 165. The summed E-state index contributed by atoms with van der Waals surface area (Å²) in [6.07, 6.45) is 3.71. The van der Waals surface area contributed by atoms with Crippen LogP contribution in [0.25, 0.3) is 0 Å². The molecule has 1 rings (SSSR count). The van der Waals surface area contributed by atoms with Gasteiger partial charge in [-0.1, -0.05) is 20.3 Å². The van der Waals surface area contributed by atoms with Gasteiger partial charge in [0.25, 0.3) is 0 Å². The molecule has 11 heavy (non-hydrogen) atoms. The van der Waals surface area contributed by atoms with Gasteiger partial charge >= 0.3 is 5.97 Å². The number of aliphatic carboxylic acids is 1. The lowest BCUT2D eigenvalue weighted by atomic mass is 9.84. The summed E-state index contributed by atoms with van der Waals surface area (Å²) in [6.45, 7) is 4.29. The van der Waals surface area contributed by atoms with Gasteiger partial charge in [-0.25, -0.2) is 0 Å². The van der Waals surface area contributed by atoms with Crippen molar-refractivity contribution < 1.29 is 9.90 Å². The monoisotopic (exact) mass is 156 g/mol. The Morgan fingerprint density at radius 3 is 2.73 bits per heavy atom. The van der Waals surface area contributed by atoms with Crippen molar-refractivity contribution in [2.75, 3.05) is 0 Å². The predicted octanol–water partition coefficient (Wildman–Crippen LogP) is 2.29. The largest absolute Gasteiger partial charge is 0.481 e. The van der Waals surface area contributed by atoms with Crippen LogP contribution in [0.1, 0.15) is 39.5 Å². The minimum absolute atomic E-state index is 0.0885. The lowest BCUT2D eigenvalue weighted by molar-refractivity contribution is -0.139. The van der Waals surface area contributed by atoms with Gasteiger partial charge in [0.05, 0.1) is 6.42 Å². The fourth-order valence-electron chi connectivity index (χ4n) is 2.17. The molecule has 0 aromatic rings. The standard InChI is InChI=1S/C9H16O2/c1-7-3-4-9(2,5-7)6-8(10)11/h7H,3-6H2,1-2H3,(H,10,11). The first kappa shape index (κ1) is 8.57. The molecule has 0 saturated heterocycles. The minimum atomic E-state index is -0.651. The van der Waals surface area contributed by atoms with Gasteiger partial charge in [-0.05, 0) is 24.2 Å². The van der Waals surface area contributed by atoms with E-state index in [4.69, 9.17) is 5.11 Å². The highest BCUT2D eigenvalue weighted by atomic mass is 16.4. The molecule has 2 heteroatoms. The second-order valence-electron chi connectivity index (χ2n) is 4.23. The molecular weight excluding hydrogens is 140 g/mol. The van der Waals surface area contributed by atoms with E-state index in [0.29, 0.717) is 6.42 Å². The summed E-state index contributed by atoms with van der Waals surface area (Å²) in [5.74, 6) is 0.0703. The first-order chi connectivity index (χ1) is 5.02. The van der Waals surface area contributed by atoms with Crippen LogP contribution in [0, 0.1) is 11.3 Å². The zero-order chi connectivity index (χ0) is 8.48. The van der Waals surface area contributed by atoms with Gasteiger partial charge in [-0.3, -0.25) is 4.79 Å². The van der Waals surface area contributed by atoms with Crippen molar-refractivity contribution in [3.8, 4) is 0 Å². The molecule has 1 fully saturated rings. The summed E-state index contributed by atoms with van der Waals surface area (Å²) in [6, 6.07) is 0. The number of carbonyl (C=O) groups is 1. The van der Waals surface area contributed by atoms with Gasteiger partial charge in [0.2, 0.25) is 0 Å². The van der Waals surface area contributed by atoms with Crippen molar-refractivity contribution in [3.63, 3.8) is 0 Å². The lowest BCUT2D eigenvalue weighted by Gasteiger charge is -2.20. The Kier molecular flexibility index (Phi) is 2.21. The van der Waals surface area contributed by atoms with Gasteiger partial charge in [0, 0.05) is 0 Å². The molecule has 2 atom stereocenters. The smallest absolute Gasteiger partial charge is 0.303 e. The number of hydrogen-bond acceptors (Lipinski definition) is 1. The van der Waals surface area contributed by atoms with Crippen molar-refractivity contribution in [2.24, 2.45) is 11.3 Å². The van der Waals surface area contributed by atoms with E-state index in [-0.39, 0.29) is 5.41 Å². The van der Waals surface area contributed by atoms with Crippen LogP contribution in [0.3, 0.4) is 0 Å². The molecule has 0 aromatic heterocycles. The van der Waals surface area contributed by atoms with Gasteiger partial charge in [0.1, 0.15) is 0 Å². The number of hydrogen-bond donors (Lipinski definition) is 1. The summed E-state index contributed by atoms with van der Waals surface area (Å²) < 4.78 is 0. The summed E-state index contributed by atoms with van der Waals surface area (Å²) in [7, 11) is 0. The van der Waals surface area contributed by atoms with E-state index in [1.165, 1.54) is 6.42 Å².